The summed E-state index contributed by atoms with van der Waals surface area (Å²) in [4.78, 5) is 26.8. The number of halogens is 1. The number of piperidine rings is 1. The summed E-state index contributed by atoms with van der Waals surface area (Å²) in [5, 5.41) is 7.04. The number of carbonyl (C=O) groups is 2. The maximum Gasteiger partial charge on any atom is 0.255 e. The number of fused-ring (bicyclic) bond motifs is 1. The molecule has 0 bridgehead atoms. The zero-order chi connectivity index (χ0) is 18.9. The molecule has 138 valence electrons. The molecule has 2 aromatic carbocycles. The summed E-state index contributed by atoms with van der Waals surface area (Å²) in [5.74, 6) is -0.141. The van der Waals surface area contributed by atoms with Crippen molar-refractivity contribution in [3.05, 3.63) is 70.8 Å². The van der Waals surface area contributed by atoms with E-state index in [1.54, 1.807) is 18.2 Å². The lowest BCUT2D eigenvalue weighted by molar-refractivity contribution is -0.127. The SMILES string of the molecule is O=C1NC2(CCN(C(=O)/C=C/c3ccccc3)CC2)Nc2ccc(Cl)cc21. The molecule has 2 N–H and O–H groups in total. The van der Waals surface area contributed by atoms with Crippen LogP contribution in [0.15, 0.2) is 54.6 Å². The van der Waals surface area contributed by atoms with Crippen molar-refractivity contribution in [2.24, 2.45) is 0 Å². The summed E-state index contributed by atoms with van der Waals surface area (Å²) < 4.78 is 0. The van der Waals surface area contributed by atoms with Crippen LogP contribution in [0.1, 0.15) is 28.8 Å². The van der Waals surface area contributed by atoms with E-state index in [0.717, 1.165) is 11.3 Å². The number of hydrogen-bond acceptors (Lipinski definition) is 3. The highest BCUT2D eigenvalue weighted by molar-refractivity contribution is 6.31. The predicted molar refractivity (Wildman–Crippen MR) is 107 cm³/mol. The molecule has 27 heavy (non-hydrogen) atoms. The highest BCUT2D eigenvalue weighted by Crippen LogP contribution is 2.32. The van der Waals surface area contributed by atoms with E-state index >= 15 is 0 Å². The summed E-state index contributed by atoms with van der Waals surface area (Å²) in [6, 6.07) is 15.0. The van der Waals surface area contributed by atoms with Crippen LogP contribution in [0.25, 0.3) is 6.08 Å². The molecular formula is C21H20ClN3O2. The Bertz CT molecular complexity index is 903. The second-order valence-corrected chi connectivity index (χ2v) is 7.36. The zero-order valence-corrected chi connectivity index (χ0v) is 15.5. The maximum absolute atomic E-state index is 12.5. The van der Waals surface area contributed by atoms with Crippen LogP contribution < -0.4 is 10.6 Å². The van der Waals surface area contributed by atoms with Crippen molar-refractivity contribution in [2.75, 3.05) is 18.4 Å². The largest absolute Gasteiger partial charge is 0.362 e. The summed E-state index contributed by atoms with van der Waals surface area (Å²) in [6.07, 6.45) is 4.72. The van der Waals surface area contributed by atoms with Gasteiger partial charge in [0.2, 0.25) is 5.91 Å². The first-order valence-corrected chi connectivity index (χ1v) is 9.35. The monoisotopic (exact) mass is 381 g/mol. The standard InChI is InChI=1S/C21H20ClN3O2/c22-16-7-8-18-17(14-16)20(27)24-21(23-18)10-12-25(13-11-21)19(26)9-6-15-4-2-1-3-5-15/h1-9,14,23H,10-13H2,(H,24,27)/b9-6+. The van der Waals surface area contributed by atoms with E-state index in [1.807, 2.05) is 47.4 Å². The van der Waals surface area contributed by atoms with Gasteiger partial charge in [-0.3, -0.25) is 9.59 Å². The van der Waals surface area contributed by atoms with E-state index in [2.05, 4.69) is 10.6 Å². The fourth-order valence-electron chi connectivity index (χ4n) is 3.58. The van der Waals surface area contributed by atoms with Crippen LogP contribution in [0.5, 0.6) is 0 Å². The maximum atomic E-state index is 12.5. The van der Waals surface area contributed by atoms with E-state index in [0.29, 0.717) is 36.5 Å². The van der Waals surface area contributed by atoms with Crippen molar-refractivity contribution in [2.45, 2.75) is 18.5 Å². The predicted octanol–water partition coefficient (Wildman–Crippen LogP) is 3.53. The van der Waals surface area contributed by atoms with Crippen LogP contribution in [0.3, 0.4) is 0 Å². The van der Waals surface area contributed by atoms with Crippen molar-refractivity contribution in [3.8, 4) is 0 Å². The van der Waals surface area contributed by atoms with Gasteiger partial charge < -0.3 is 15.5 Å². The van der Waals surface area contributed by atoms with Crippen molar-refractivity contribution in [1.29, 1.82) is 0 Å². The van der Waals surface area contributed by atoms with E-state index in [4.69, 9.17) is 11.6 Å². The van der Waals surface area contributed by atoms with Gasteiger partial charge in [-0.25, -0.2) is 0 Å². The van der Waals surface area contributed by atoms with Gasteiger partial charge in [0, 0.05) is 42.7 Å². The molecule has 0 saturated carbocycles. The van der Waals surface area contributed by atoms with Crippen LogP contribution in [-0.2, 0) is 4.79 Å². The summed E-state index contributed by atoms with van der Waals surface area (Å²) in [7, 11) is 0. The summed E-state index contributed by atoms with van der Waals surface area (Å²) >= 11 is 5.99. The van der Waals surface area contributed by atoms with Gasteiger partial charge in [0.15, 0.2) is 0 Å². The van der Waals surface area contributed by atoms with Crippen LogP contribution in [-0.4, -0.2) is 35.5 Å². The van der Waals surface area contributed by atoms with Gasteiger partial charge in [0.05, 0.1) is 5.56 Å². The van der Waals surface area contributed by atoms with Crippen molar-refractivity contribution in [3.63, 3.8) is 0 Å². The van der Waals surface area contributed by atoms with E-state index in [-0.39, 0.29) is 11.8 Å². The first-order chi connectivity index (χ1) is 13.0. The molecule has 0 aromatic heterocycles. The molecule has 1 saturated heterocycles. The highest BCUT2D eigenvalue weighted by atomic mass is 35.5. The quantitative estimate of drug-likeness (QED) is 0.782. The first kappa shape index (κ1) is 17.6. The molecule has 2 aromatic rings. The van der Waals surface area contributed by atoms with Crippen molar-refractivity contribution >= 4 is 35.2 Å². The Morgan fingerprint density at radius 2 is 1.81 bits per heavy atom. The minimum absolute atomic E-state index is 0.0111. The Balaban J connectivity index is 1.41. The fourth-order valence-corrected chi connectivity index (χ4v) is 3.76. The molecule has 0 radical (unpaired) electrons. The average Bonchev–Trinajstić information content (AvgIpc) is 2.68. The fraction of sp³-hybridized carbons (Fsp3) is 0.238. The second kappa shape index (κ2) is 7.08. The summed E-state index contributed by atoms with van der Waals surface area (Å²) in [5.41, 5.74) is 1.82. The molecule has 4 rings (SSSR count). The summed E-state index contributed by atoms with van der Waals surface area (Å²) in [6.45, 7) is 1.16. The second-order valence-electron chi connectivity index (χ2n) is 6.92. The van der Waals surface area contributed by atoms with E-state index in [9.17, 15) is 9.59 Å². The molecular weight excluding hydrogens is 362 g/mol. The molecule has 2 amide bonds. The lowest BCUT2D eigenvalue weighted by atomic mass is 9.92. The number of carbonyl (C=O) groups excluding carboxylic acids is 2. The molecule has 6 heteroatoms. The zero-order valence-electron chi connectivity index (χ0n) is 14.7. The smallest absolute Gasteiger partial charge is 0.255 e. The molecule has 2 aliphatic rings. The third-order valence-electron chi connectivity index (χ3n) is 5.10. The minimum Gasteiger partial charge on any atom is -0.362 e. The molecule has 1 spiro atoms. The number of rotatable bonds is 2. The van der Waals surface area contributed by atoms with Gasteiger partial charge in [-0.1, -0.05) is 41.9 Å². The number of hydrogen-bond donors (Lipinski definition) is 2. The third kappa shape index (κ3) is 3.69. The van der Waals surface area contributed by atoms with Gasteiger partial charge in [0.1, 0.15) is 5.66 Å². The lowest BCUT2D eigenvalue weighted by Crippen LogP contribution is -2.62. The van der Waals surface area contributed by atoms with Gasteiger partial charge in [0.25, 0.3) is 5.91 Å². The third-order valence-corrected chi connectivity index (χ3v) is 5.33. The Morgan fingerprint density at radius 1 is 1.07 bits per heavy atom. The number of benzene rings is 2. The van der Waals surface area contributed by atoms with E-state index in [1.165, 1.54) is 0 Å². The first-order valence-electron chi connectivity index (χ1n) is 8.97. The Morgan fingerprint density at radius 3 is 2.56 bits per heavy atom. The van der Waals surface area contributed by atoms with Crippen molar-refractivity contribution in [1.82, 2.24) is 10.2 Å². The lowest BCUT2D eigenvalue weighted by Gasteiger charge is -2.45. The minimum atomic E-state index is -0.516. The molecule has 2 aliphatic heterocycles. The molecule has 0 atom stereocenters. The Kier molecular flexibility index (Phi) is 4.62. The molecule has 0 aliphatic carbocycles. The molecule has 0 unspecified atom stereocenters. The molecule has 5 nitrogen and oxygen atoms in total. The number of amides is 2. The number of likely N-dealkylation sites (tertiary alicyclic amines) is 1. The highest BCUT2D eigenvalue weighted by Gasteiger charge is 2.40. The average molecular weight is 382 g/mol. The molecule has 2 heterocycles. The number of nitrogens with one attached hydrogen (secondary N) is 2. The van der Waals surface area contributed by atoms with Crippen LogP contribution in [0.4, 0.5) is 5.69 Å². The normalized spacial score (nSPS) is 18.1. The van der Waals surface area contributed by atoms with Gasteiger partial charge in [-0.2, -0.15) is 0 Å². The topological polar surface area (TPSA) is 61.4 Å². The number of nitrogens with zero attached hydrogens (tertiary/aromatic N) is 1. The van der Waals surface area contributed by atoms with Gasteiger partial charge in [-0.15, -0.1) is 0 Å². The number of anilines is 1. The van der Waals surface area contributed by atoms with Gasteiger partial charge in [-0.05, 0) is 29.8 Å². The van der Waals surface area contributed by atoms with Crippen LogP contribution in [0.2, 0.25) is 5.02 Å². The van der Waals surface area contributed by atoms with Gasteiger partial charge >= 0.3 is 0 Å². The Hall–Kier alpha value is -2.79. The van der Waals surface area contributed by atoms with Crippen molar-refractivity contribution < 1.29 is 9.59 Å². The van der Waals surface area contributed by atoms with Crippen LogP contribution >= 0.6 is 11.6 Å². The molecule has 1 fully saturated rings. The Labute approximate surface area is 163 Å². The van der Waals surface area contributed by atoms with E-state index < -0.39 is 5.66 Å². The van der Waals surface area contributed by atoms with Crippen LogP contribution in [0, 0.1) is 0 Å².